The minimum atomic E-state index is -0.292. The van der Waals surface area contributed by atoms with Crippen LogP contribution in [0.25, 0.3) is 11.5 Å². The lowest BCUT2D eigenvalue weighted by molar-refractivity contribution is -0.129. The van der Waals surface area contributed by atoms with Crippen LogP contribution in [0, 0.1) is 0 Å². The number of furan rings is 1. The summed E-state index contributed by atoms with van der Waals surface area (Å²) in [6.45, 7) is 5.72. The van der Waals surface area contributed by atoms with Crippen molar-refractivity contribution in [3.8, 4) is 11.5 Å². The van der Waals surface area contributed by atoms with Gasteiger partial charge in [0.1, 0.15) is 12.3 Å². The molecule has 0 saturated carbocycles. The molecule has 2 aromatic heterocycles. The number of rotatable bonds is 5. The van der Waals surface area contributed by atoms with E-state index < -0.39 is 0 Å². The molecule has 2 aromatic rings. The van der Waals surface area contributed by atoms with Crippen molar-refractivity contribution < 1.29 is 18.7 Å². The molecule has 2 amide bonds. The van der Waals surface area contributed by atoms with Gasteiger partial charge in [0, 0.05) is 25.3 Å². The maximum Gasteiger partial charge on any atom is 0.410 e. The van der Waals surface area contributed by atoms with Gasteiger partial charge in [-0.05, 0) is 44.9 Å². The predicted octanol–water partition coefficient (Wildman–Crippen LogP) is 3.05. The molecule has 0 aliphatic carbocycles. The quantitative estimate of drug-likeness (QED) is 0.547. The van der Waals surface area contributed by atoms with Gasteiger partial charge in [-0.2, -0.15) is 0 Å². The van der Waals surface area contributed by atoms with Crippen LogP contribution in [-0.2, 0) is 9.53 Å². The Hall–Kier alpha value is -2.55. The fourth-order valence-corrected chi connectivity index (χ4v) is 4.56. The minimum Gasteiger partial charge on any atom is -0.463 e. The Bertz CT molecular complexity index is 878. The van der Waals surface area contributed by atoms with Crippen molar-refractivity contribution in [1.82, 2.24) is 19.8 Å². The number of carbonyl (C=O) groups excluding carboxylic acids is 2. The SMILES string of the molecule is CC1(C)COC(=O)N1C1CCN(C(=O)CSc2nccc(-c3ccco3)n2)CC1. The summed E-state index contributed by atoms with van der Waals surface area (Å²) in [5, 5.41) is 0.545. The standard InChI is InChI=1S/C20H24N4O4S/c1-20(2)13-28-19(26)24(20)14-6-9-23(10-7-14)17(25)12-29-18-21-8-5-15(22-18)16-4-3-11-27-16/h3-5,8,11,14H,6-7,9-10,12-13H2,1-2H3. The monoisotopic (exact) mass is 416 g/mol. The molecule has 0 aromatic carbocycles. The summed E-state index contributed by atoms with van der Waals surface area (Å²) in [5.74, 6) is 1.01. The van der Waals surface area contributed by atoms with Gasteiger partial charge < -0.3 is 14.1 Å². The molecule has 2 aliphatic rings. The van der Waals surface area contributed by atoms with Gasteiger partial charge in [0.2, 0.25) is 5.91 Å². The van der Waals surface area contributed by atoms with E-state index in [2.05, 4.69) is 9.97 Å². The maximum atomic E-state index is 12.6. The smallest absolute Gasteiger partial charge is 0.410 e. The van der Waals surface area contributed by atoms with Crippen molar-refractivity contribution in [3.05, 3.63) is 30.7 Å². The second kappa shape index (κ2) is 8.06. The number of hydrogen-bond acceptors (Lipinski definition) is 7. The van der Waals surface area contributed by atoms with Gasteiger partial charge in [0.25, 0.3) is 0 Å². The van der Waals surface area contributed by atoms with Crippen LogP contribution in [-0.4, -0.2) is 68.8 Å². The maximum absolute atomic E-state index is 12.6. The zero-order valence-corrected chi connectivity index (χ0v) is 17.4. The summed E-state index contributed by atoms with van der Waals surface area (Å²) >= 11 is 1.32. The van der Waals surface area contributed by atoms with Crippen molar-refractivity contribution in [1.29, 1.82) is 0 Å². The summed E-state index contributed by atoms with van der Waals surface area (Å²) in [5.41, 5.74) is 0.404. The second-order valence-electron chi connectivity index (χ2n) is 7.84. The first-order valence-corrected chi connectivity index (χ1v) is 10.7. The number of amides is 2. The van der Waals surface area contributed by atoms with Gasteiger partial charge in [-0.3, -0.25) is 9.69 Å². The fraction of sp³-hybridized carbons (Fsp3) is 0.500. The lowest BCUT2D eigenvalue weighted by Crippen LogP contribution is -2.53. The number of cyclic esters (lactones) is 1. The topological polar surface area (TPSA) is 88.8 Å². The summed E-state index contributed by atoms with van der Waals surface area (Å²) < 4.78 is 10.6. The van der Waals surface area contributed by atoms with Crippen LogP contribution in [0.4, 0.5) is 4.79 Å². The first-order valence-electron chi connectivity index (χ1n) is 9.68. The fourth-order valence-electron chi connectivity index (χ4n) is 3.83. The van der Waals surface area contributed by atoms with Crippen molar-refractivity contribution in [3.63, 3.8) is 0 Å². The molecule has 29 heavy (non-hydrogen) atoms. The lowest BCUT2D eigenvalue weighted by atomic mass is 9.97. The highest BCUT2D eigenvalue weighted by Gasteiger charge is 2.44. The first kappa shape index (κ1) is 19.8. The molecule has 2 saturated heterocycles. The highest BCUT2D eigenvalue weighted by molar-refractivity contribution is 7.99. The minimum absolute atomic E-state index is 0.0590. The summed E-state index contributed by atoms with van der Waals surface area (Å²) in [6.07, 6.45) is 4.54. The van der Waals surface area contributed by atoms with Crippen LogP contribution in [0.3, 0.4) is 0 Å². The molecule has 9 heteroatoms. The molecule has 4 heterocycles. The van der Waals surface area contributed by atoms with E-state index in [1.54, 1.807) is 24.6 Å². The molecular weight excluding hydrogens is 392 g/mol. The Labute approximate surface area is 173 Å². The van der Waals surface area contributed by atoms with Crippen LogP contribution in [0.15, 0.2) is 40.2 Å². The highest BCUT2D eigenvalue weighted by Crippen LogP contribution is 2.30. The van der Waals surface area contributed by atoms with E-state index in [1.165, 1.54) is 11.8 Å². The molecular formula is C20H24N4O4S. The third-order valence-corrected chi connectivity index (χ3v) is 6.16. The third-order valence-electron chi connectivity index (χ3n) is 5.31. The molecule has 0 bridgehead atoms. The second-order valence-corrected chi connectivity index (χ2v) is 8.78. The van der Waals surface area contributed by atoms with E-state index in [0.717, 1.165) is 12.8 Å². The van der Waals surface area contributed by atoms with Crippen LogP contribution >= 0.6 is 11.8 Å². The number of aromatic nitrogens is 2. The van der Waals surface area contributed by atoms with Gasteiger partial charge in [-0.25, -0.2) is 14.8 Å². The number of likely N-dealkylation sites (tertiary alicyclic amines) is 1. The molecule has 0 N–H and O–H groups in total. The van der Waals surface area contributed by atoms with Crippen molar-refractivity contribution in [2.75, 3.05) is 25.4 Å². The Morgan fingerprint density at radius 1 is 1.31 bits per heavy atom. The molecule has 0 atom stereocenters. The zero-order chi connectivity index (χ0) is 20.4. The Morgan fingerprint density at radius 2 is 2.10 bits per heavy atom. The third kappa shape index (κ3) is 4.24. The normalized spacial score (nSPS) is 19.4. The Balaban J connectivity index is 1.30. The van der Waals surface area contributed by atoms with Gasteiger partial charge in [0.05, 0.1) is 17.6 Å². The summed E-state index contributed by atoms with van der Waals surface area (Å²) in [7, 11) is 0. The van der Waals surface area contributed by atoms with E-state index in [0.29, 0.717) is 36.3 Å². The predicted molar refractivity (Wildman–Crippen MR) is 107 cm³/mol. The Morgan fingerprint density at radius 3 is 2.76 bits per heavy atom. The molecule has 2 aliphatic heterocycles. The molecule has 2 fully saturated rings. The number of thioether (sulfide) groups is 1. The van der Waals surface area contributed by atoms with Crippen LogP contribution in [0.5, 0.6) is 0 Å². The van der Waals surface area contributed by atoms with E-state index in [9.17, 15) is 9.59 Å². The van der Waals surface area contributed by atoms with Gasteiger partial charge in [-0.15, -0.1) is 0 Å². The number of carbonyl (C=O) groups is 2. The van der Waals surface area contributed by atoms with Crippen LogP contribution in [0.1, 0.15) is 26.7 Å². The van der Waals surface area contributed by atoms with Crippen LogP contribution in [0.2, 0.25) is 0 Å². The molecule has 0 unspecified atom stereocenters. The number of ether oxygens (including phenoxy) is 1. The average molecular weight is 417 g/mol. The zero-order valence-electron chi connectivity index (χ0n) is 16.5. The van der Waals surface area contributed by atoms with Crippen molar-refractivity contribution in [2.24, 2.45) is 0 Å². The van der Waals surface area contributed by atoms with E-state index in [1.807, 2.05) is 29.7 Å². The largest absolute Gasteiger partial charge is 0.463 e. The van der Waals surface area contributed by atoms with E-state index in [-0.39, 0.29) is 29.3 Å². The molecule has 154 valence electrons. The summed E-state index contributed by atoms with van der Waals surface area (Å²) in [6, 6.07) is 5.54. The Kier molecular flexibility index (Phi) is 5.49. The van der Waals surface area contributed by atoms with Gasteiger partial charge >= 0.3 is 6.09 Å². The van der Waals surface area contributed by atoms with Crippen molar-refractivity contribution in [2.45, 2.75) is 43.4 Å². The van der Waals surface area contributed by atoms with Crippen molar-refractivity contribution >= 4 is 23.8 Å². The summed E-state index contributed by atoms with van der Waals surface area (Å²) in [4.78, 5) is 37.1. The van der Waals surface area contributed by atoms with Gasteiger partial charge in [-0.1, -0.05) is 11.8 Å². The first-order chi connectivity index (χ1) is 13.9. The molecule has 0 spiro atoms. The number of hydrogen-bond donors (Lipinski definition) is 0. The van der Waals surface area contributed by atoms with E-state index in [4.69, 9.17) is 9.15 Å². The van der Waals surface area contributed by atoms with E-state index >= 15 is 0 Å². The number of nitrogens with zero attached hydrogens (tertiary/aromatic N) is 4. The average Bonchev–Trinajstić information content (AvgIpc) is 3.35. The van der Waals surface area contributed by atoms with Crippen LogP contribution < -0.4 is 0 Å². The lowest BCUT2D eigenvalue weighted by Gasteiger charge is -2.40. The molecule has 0 radical (unpaired) electrons. The molecule has 4 rings (SSSR count). The van der Waals surface area contributed by atoms with Gasteiger partial charge in [0.15, 0.2) is 10.9 Å². The molecule has 8 nitrogen and oxygen atoms in total. The number of piperidine rings is 1. The highest BCUT2D eigenvalue weighted by atomic mass is 32.2.